The average molecular weight is 349 g/mol. The van der Waals surface area contributed by atoms with E-state index >= 15 is 0 Å². The van der Waals surface area contributed by atoms with Crippen molar-refractivity contribution < 1.29 is 14.1 Å². The van der Waals surface area contributed by atoms with E-state index in [-0.39, 0.29) is 5.97 Å². The third kappa shape index (κ3) is 11.0. The smallest absolute Gasteiger partial charge is 0.344 e. The van der Waals surface area contributed by atoms with Gasteiger partial charge in [-0.3, -0.25) is 0 Å². The van der Waals surface area contributed by atoms with Crippen LogP contribution in [-0.2, 0) is 11.3 Å². The van der Waals surface area contributed by atoms with Crippen LogP contribution in [0.2, 0.25) is 0 Å². The van der Waals surface area contributed by atoms with E-state index < -0.39 is 0 Å². The van der Waals surface area contributed by atoms with Crippen molar-refractivity contribution in [2.75, 3.05) is 6.61 Å². The Balaban J connectivity index is 2.20. The standard InChI is InChI=1S/C22H38NO2/c1-3-5-7-9-11-13-17-23-18-15-16-21(20-23)22(24)25-19-14-12-10-8-6-4-2/h15-16,18,20H,3-14,17,19H2,1-2H3/q+1. The molecule has 1 aromatic heterocycles. The molecule has 142 valence electrons. The minimum absolute atomic E-state index is 0.189. The number of unbranched alkanes of at least 4 members (excludes halogenated alkanes) is 10. The predicted molar refractivity (Wildman–Crippen MR) is 104 cm³/mol. The van der Waals surface area contributed by atoms with Crippen LogP contribution in [0.1, 0.15) is 101 Å². The molecule has 0 saturated carbocycles. The lowest BCUT2D eigenvalue weighted by Gasteiger charge is -2.05. The Hall–Kier alpha value is -1.38. The minimum atomic E-state index is -0.189. The van der Waals surface area contributed by atoms with Gasteiger partial charge in [-0.05, 0) is 18.9 Å². The molecule has 0 aliphatic rings. The van der Waals surface area contributed by atoms with E-state index in [1.165, 1.54) is 64.2 Å². The number of rotatable bonds is 15. The molecule has 25 heavy (non-hydrogen) atoms. The molecule has 0 bridgehead atoms. The average Bonchev–Trinajstić information content (AvgIpc) is 2.64. The number of nitrogens with zero attached hydrogens (tertiary/aromatic N) is 1. The third-order valence-corrected chi connectivity index (χ3v) is 4.59. The summed E-state index contributed by atoms with van der Waals surface area (Å²) in [6.07, 6.45) is 18.9. The molecule has 0 aliphatic carbocycles. The van der Waals surface area contributed by atoms with Crippen molar-refractivity contribution in [3.63, 3.8) is 0 Å². The summed E-state index contributed by atoms with van der Waals surface area (Å²) in [5, 5.41) is 0. The molecule has 0 saturated heterocycles. The van der Waals surface area contributed by atoms with Crippen LogP contribution in [0.25, 0.3) is 0 Å². The second-order valence-electron chi connectivity index (χ2n) is 7.00. The Morgan fingerprint density at radius 2 is 1.48 bits per heavy atom. The van der Waals surface area contributed by atoms with Crippen LogP contribution >= 0.6 is 0 Å². The molecule has 3 heteroatoms. The highest BCUT2D eigenvalue weighted by Crippen LogP contribution is 2.07. The largest absolute Gasteiger partial charge is 0.462 e. The van der Waals surface area contributed by atoms with Crippen LogP contribution in [0.15, 0.2) is 24.5 Å². The summed E-state index contributed by atoms with van der Waals surface area (Å²) in [7, 11) is 0. The molecule has 0 spiro atoms. The summed E-state index contributed by atoms with van der Waals surface area (Å²) < 4.78 is 7.52. The molecule has 0 aliphatic heterocycles. The fraction of sp³-hybridized carbons (Fsp3) is 0.727. The van der Waals surface area contributed by atoms with Crippen LogP contribution in [-0.4, -0.2) is 12.6 Å². The van der Waals surface area contributed by atoms with Crippen molar-refractivity contribution >= 4 is 5.97 Å². The van der Waals surface area contributed by atoms with Crippen molar-refractivity contribution in [1.82, 2.24) is 0 Å². The first-order valence-electron chi connectivity index (χ1n) is 10.4. The minimum Gasteiger partial charge on any atom is -0.462 e. The van der Waals surface area contributed by atoms with Gasteiger partial charge in [-0.2, -0.15) is 0 Å². The molecule has 0 radical (unpaired) electrons. The Morgan fingerprint density at radius 3 is 2.16 bits per heavy atom. The van der Waals surface area contributed by atoms with Gasteiger partial charge in [0.1, 0.15) is 12.1 Å². The Labute approximate surface area is 154 Å². The van der Waals surface area contributed by atoms with Gasteiger partial charge in [-0.1, -0.05) is 71.6 Å². The molecule has 0 N–H and O–H groups in total. The van der Waals surface area contributed by atoms with Gasteiger partial charge < -0.3 is 4.74 Å². The first-order chi connectivity index (χ1) is 12.3. The molecular formula is C22H38NO2+. The SMILES string of the molecule is CCCCCCCCOC(=O)c1ccc[n+](CCCCCCCC)c1. The van der Waals surface area contributed by atoms with E-state index in [0.717, 1.165) is 19.4 Å². The highest BCUT2D eigenvalue weighted by atomic mass is 16.5. The summed E-state index contributed by atoms with van der Waals surface area (Å²) >= 11 is 0. The number of pyridine rings is 1. The van der Waals surface area contributed by atoms with Gasteiger partial charge in [0.25, 0.3) is 0 Å². The zero-order chi connectivity index (χ0) is 18.2. The lowest BCUT2D eigenvalue weighted by atomic mass is 10.1. The predicted octanol–water partition coefficient (Wildman–Crippen LogP) is 5.85. The summed E-state index contributed by atoms with van der Waals surface area (Å²) in [6.45, 7) is 5.98. The van der Waals surface area contributed by atoms with Crippen LogP contribution in [0.3, 0.4) is 0 Å². The lowest BCUT2D eigenvalue weighted by Crippen LogP contribution is -2.34. The van der Waals surface area contributed by atoms with Gasteiger partial charge in [-0.25, -0.2) is 9.36 Å². The molecule has 3 nitrogen and oxygen atoms in total. The van der Waals surface area contributed by atoms with E-state index in [0.29, 0.717) is 12.2 Å². The van der Waals surface area contributed by atoms with Crippen LogP contribution in [0.5, 0.6) is 0 Å². The van der Waals surface area contributed by atoms with Crippen LogP contribution in [0, 0.1) is 0 Å². The molecule has 0 aromatic carbocycles. The zero-order valence-corrected chi connectivity index (χ0v) is 16.5. The van der Waals surface area contributed by atoms with Crippen LogP contribution in [0.4, 0.5) is 0 Å². The molecule has 1 aromatic rings. The van der Waals surface area contributed by atoms with Crippen molar-refractivity contribution in [3.05, 3.63) is 30.1 Å². The monoisotopic (exact) mass is 348 g/mol. The quantitative estimate of drug-likeness (QED) is 0.226. The molecule has 0 atom stereocenters. The van der Waals surface area contributed by atoms with E-state index in [2.05, 4.69) is 18.4 Å². The van der Waals surface area contributed by atoms with E-state index in [1.54, 1.807) is 0 Å². The lowest BCUT2D eigenvalue weighted by molar-refractivity contribution is -0.697. The van der Waals surface area contributed by atoms with Crippen LogP contribution < -0.4 is 4.57 Å². The zero-order valence-electron chi connectivity index (χ0n) is 16.5. The van der Waals surface area contributed by atoms with Gasteiger partial charge in [0.2, 0.25) is 0 Å². The second-order valence-corrected chi connectivity index (χ2v) is 7.00. The molecule has 0 unspecified atom stereocenters. The van der Waals surface area contributed by atoms with Crippen molar-refractivity contribution in [3.8, 4) is 0 Å². The van der Waals surface area contributed by atoms with Crippen molar-refractivity contribution in [1.29, 1.82) is 0 Å². The van der Waals surface area contributed by atoms with E-state index in [4.69, 9.17) is 4.74 Å². The number of ether oxygens (including phenoxy) is 1. The summed E-state index contributed by atoms with van der Waals surface area (Å²) in [5.74, 6) is -0.189. The first kappa shape index (κ1) is 21.7. The molecule has 1 rings (SSSR count). The fourth-order valence-corrected chi connectivity index (χ4v) is 2.99. The highest BCUT2D eigenvalue weighted by Gasteiger charge is 2.11. The number of aromatic nitrogens is 1. The highest BCUT2D eigenvalue weighted by molar-refractivity contribution is 5.88. The Morgan fingerprint density at radius 1 is 0.880 bits per heavy atom. The van der Waals surface area contributed by atoms with Gasteiger partial charge in [0.05, 0.1) is 6.61 Å². The van der Waals surface area contributed by atoms with Crippen molar-refractivity contribution in [2.45, 2.75) is 97.4 Å². The fourth-order valence-electron chi connectivity index (χ4n) is 2.99. The van der Waals surface area contributed by atoms with E-state index in [1.807, 2.05) is 24.5 Å². The molecule has 1 heterocycles. The topological polar surface area (TPSA) is 30.2 Å². The summed E-state index contributed by atoms with van der Waals surface area (Å²) in [6, 6.07) is 3.79. The van der Waals surface area contributed by atoms with E-state index in [9.17, 15) is 4.79 Å². The molecular weight excluding hydrogens is 310 g/mol. The summed E-state index contributed by atoms with van der Waals surface area (Å²) in [5.41, 5.74) is 0.666. The third-order valence-electron chi connectivity index (χ3n) is 4.59. The molecule has 0 amide bonds. The number of carbonyl (C=O) groups excluding carboxylic acids is 1. The number of esters is 1. The van der Waals surface area contributed by atoms with Gasteiger partial charge in [-0.15, -0.1) is 0 Å². The Kier molecular flexibility index (Phi) is 12.9. The Bertz CT molecular complexity index is 459. The van der Waals surface area contributed by atoms with Gasteiger partial charge >= 0.3 is 5.97 Å². The number of hydrogen-bond acceptors (Lipinski definition) is 2. The summed E-state index contributed by atoms with van der Waals surface area (Å²) in [4.78, 5) is 12.1. The molecule has 0 fully saturated rings. The van der Waals surface area contributed by atoms with Gasteiger partial charge in [0, 0.05) is 12.5 Å². The number of hydrogen-bond donors (Lipinski definition) is 0. The normalized spacial score (nSPS) is 10.8. The maximum absolute atomic E-state index is 12.1. The maximum Gasteiger partial charge on any atom is 0.344 e. The van der Waals surface area contributed by atoms with Gasteiger partial charge in [0.15, 0.2) is 12.4 Å². The second kappa shape index (κ2) is 14.9. The first-order valence-corrected chi connectivity index (χ1v) is 10.4. The number of carbonyl (C=O) groups is 1. The number of aryl methyl sites for hydroxylation is 1. The van der Waals surface area contributed by atoms with Crippen molar-refractivity contribution in [2.24, 2.45) is 0 Å². The maximum atomic E-state index is 12.1.